The van der Waals surface area contributed by atoms with Crippen LogP contribution in [0, 0.1) is 6.92 Å². The van der Waals surface area contributed by atoms with E-state index in [1.165, 1.54) is 27.0 Å². The summed E-state index contributed by atoms with van der Waals surface area (Å²) in [4.78, 5) is 11.2. The minimum absolute atomic E-state index is 0.00609. The second-order valence-corrected chi connectivity index (χ2v) is 6.81. The van der Waals surface area contributed by atoms with E-state index in [-0.39, 0.29) is 17.3 Å². The van der Waals surface area contributed by atoms with Crippen LogP contribution in [0.4, 0.5) is 5.69 Å². The Bertz CT molecular complexity index is 596. The van der Waals surface area contributed by atoms with Gasteiger partial charge in [0.1, 0.15) is 0 Å². The molecule has 6 nitrogen and oxygen atoms in total. The van der Waals surface area contributed by atoms with Crippen LogP contribution < -0.4 is 5.32 Å². The van der Waals surface area contributed by atoms with Crippen LogP contribution in [0.2, 0.25) is 0 Å². The van der Waals surface area contributed by atoms with Gasteiger partial charge in [-0.05, 0) is 31.5 Å². The first-order chi connectivity index (χ1) is 9.14. The van der Waals surface area contributed by atoms with Gasteiger partial charge in [0, 0.05) is 26.2 Å². The van der Waals surface area contributed by atoms with Gasteiger partial charge in [0.2, 0.25) is 15.9 Å². The van der Waals surface area contributed by atoms with Crippen LogP contribution in [0.3, 0.4) is 0 Å². The zero-order valence-electron chi connectivity index (χ0n) is 12.0. The fourth-order valence-electron chi connectivity index (χ4n) is 1.80. The van der Waals surface area contributed by atoms with Crippen LogP contribution >= 0.6 is 0 Å². The van der Waals surface area contributed by atoms with E-state index in [0.717, 1.165) is 4.31 Å². The molecule has 7 heteroatoms. The van der Waals surface area contributed by atoms with E-state index in [0.29, 0.717) is 11.3 Å². The highest BCUT2D eigenvalue weighted by Gasteiger charge is 2.24. The van der Waals surface area contributed by atoms with E-state index >= 15 is 0 Å². The number of hydrogen-bond acceptors (Lipinski definition) is 4. The smallest absolute Gasteiger partial charge is 0.243 e. The number of nitrogens with one attached hydrogen (secondary N) is 1. The lowest BCUT2D eigenvalue weighted by atomic mass is 10.2. The van der Waals surface area contributed by atoms with Gasteiger partial charge in [-0.3, -0.25) is 4.79 Å². The maximum Gasteiger partial charge on any atom is 0.243 e. The molecular weight excluding hydrogens is 280 g/mol. The summed E-state index contributed by atoms with van der Waals surface area (Å²) in [7, 11) is -2.29. The first-order valence-electron chi connectivity index (χ1n) is 6.17. The van der Waals surface area contributed by atoms with Crippen LogP contribution in [-0.2, 0) is 14.8 Å². The van der Waals surface area contributed by atoms with Crippen LogP contribution in [-0.4, -0.2) is 43.4 Å². The highest BCUT2D eigenvalue weighted by atomic mass is 32.2. The average Bonchev–Trinajstić information content (AvgIpc) is 2.29. The second kappa shape index (κ2) is 6.34. The first-order valence-corrected chi connectivity index (χ1v) is 7.61. The number of benzene rings is 1. The molecule has 0 aliphatic carbocycles. The molecule has 20 heavy (non-hydrogen) atoms. The molecule has 1 amide bonds. The summed E-state index contributed by atoms with van der Waals surface area (Å²) in [5.41, 5.74) is 1.00. The molecule has 0 bridgehead atoms. The number of likely N-dealkylation sites (N-methyl/N-ethyl adjacent to an activating group) is 1. The fourth-order valence-corrected chi connectivity index (χ4v) is 3.30. The van der Waals surface area contributed by atoms with Crippen molar-refractivity contribution in [2.24, 2.45) is 0 Å². The van der Waals surface area contributed by atoms with E-state index in [9.17, 15) is 18.3 Å². The lowest BCUT2D eigenvalue weighted by Gasteiger charge is -2.20. The van der Waals surface area contributed by atoms with Crippen LogP contribution in [0.25, 0.3) is 0 Å². The molecule has 0 fully saturated rings. The van der Waals surface area contributed by atoms with Crippen molar-refractivity contribution in [2.75, 3.05) is 18.9 Å². The molecule has 0 heterocycles. The van der Waals surface area contributed by atoms with Crippen LogP contribution in [0.1, 0.15) is 19.4 Å². The first kappa shape index (κ1) is 16.6. The van der Waals surface area contributed by atoms with E-state index in [1.54, 1.807) is 19.1 Å². The second-order valence-electron chi connectivity index (χ2n) is 4.80. The molecule has 0 aliphatic rings. The van der Waals surface area contributed by atoms with Gasteiger partial charge in [-0.15, -0.1) is 0 Å². The molecule has 1 atom stereocenters. The van der Waals surface area contributed by atoms with Gasteiger partial charge >= 0.3 is 0 Å². The maximum absolute atomic E-state index is 12.4. The van der Waals surface area contributed by atoms with Gasteiger partial charge < -0.3 is 10.4 Å². The van der Waals surface area contributed by atoms with E-state index < -0.39 is 16.1 Å². The number of carbonyl (C=O) groups is 1. The summed E-state index contributed by atoms with van der Waals surface area (Å²) in [5, 5.41) is 11.9. The standard InChI is InChI=1S/C13H20N2O4S/c1-9-5-6-12(14-11(3)17)7-13(9)20(18,19)15(4)8-10(2)16/h5-7,10,16H,8H2,1-4H3,(H,14,17). The molecule has 1 rings (SSSR count). The zero-order valence-corrected chi connectivity index (χ0v) is 12.9. The number of carbonyl (C=O) groups excluding carboxylic acids is 1. The van der Waals surface area contributed by atoms with E-state index in [2.05, 4.69) is 5.32 Å². The van der Waals surface area contributed by atoms with Crippen molar-refractivity contribution in [3.8, 4) is 0 Å². The third kappa shape index (κ3) is 4.03. The zero-order chi connectivity index (χ0) is 15.5. The van der Waals surface area contributed by atoms with Crippen molar-refractivity contribution in [1.82, 2.24) is 4.31 Å². The lowest BCUT2D eigenvalue weighted by molar-refractivity contribution is -0.114. The summed E-state index contributed by atoms with van der Waals surface area (Å²) in [6, 6.07) is 4.70. The molecule has 0 aliphatic heterocycles. The van der Waals surface area contributed by atoms with Crippen LogP contribution in [0.5, 0.6) is 0 Å². The average molecular weight is 300 g/mol. The molecule has 0 radical (unpaired) electrons. The Morgan fingerprint density at radius 3 is 2.55 bits per heavy atom. The van der Waals surface area contributed by atoms with Gasteiger partial charge in [0.15, 0.2) is 0 Å². The number of aryl methyl sites for hydroxylation is 1. The monoisotopic (exact) mass is 300 g/mol. The number of anilines is 1. The van der Waals surface area contributed by atoms with Crippen molar-refractivity contribution in [3.05, 3.63) is 23.8 Å². The number of rotatable bonds is 5. The van der Waals surface area contributed by atoms with Crippen molar-refractivity contribution in [1.29, 1.82) is 0 Å². The molecule has 1 aromatic rings. The van der Waals surface area contributed by atoms with Crippen molar-refractivity contribution in [3.63, 3.8) is 0 Å². The Balaban J connectivity index is 3.20. The van der Waals surface area contributed by atoms with Gasteiger partial charge in [0.25, 0.3) is 0 Å². The summed E-state index contributed by atoms with van der Waals surface area (Å²) < 4.78 is 26.0. The van der Waals surface area contributed by atoms with Gasteiger partial charge in [-0.25, -0.2) is 8.42 Å². The summed E-state index contributed by atoms with van der Waals surface area (Å²) in [6.45, 7) is 4.56. The maximum atomic E-state index is 12.4. The Morgan fingerprint density at radius 2 is 2.05 bits per heavy atom. The summed E-state index contributed by atoms with van der Waals surface area (Å²) in [5.74, 6) is -0.269. The molecular formula is C13H20N2O4S. The molecule has 112 valence electrons. The minimum Gasteiger partial charge on any atom is -0.392 e. The van der Waals surface area contributed by atoms with E-state index in [4.69, 9.17) is 0 Å². The number of hydrogen-bond donors (Lipinski definition) is 2. The highest BCUT2D eigenvalue weighted by molar-refractivity contribution is 7.89. The fraction of sp³-hybridized carbons (Fsp3) is 0.462. The minimum atomic E-state index is -3.70. The van der Waals surface area contributed by atoms with Crippen molar-refractivity contribution >= 4 is 21.6 Å². The number of aliphatic hydroxyl groups excluding tert-OH is 1. The molecule has 0 saturated heterocycles. The topological polar surface area (TPSA) is 86.7 Å². The predicted octanol–water partition coefficient (Wildman–Crippen LogP) is 0.955. The molecule has 1 aromatic carbocycles. The summed E-state index contributed by atoms with van der Waals surface area (Å²) >= 11 is 0. The largest absolute Gasteiger partial charge is 0.392 e. The van der Waals surface area contributed by atoms with Crippen LogP contribution in [0.15, 0.2) is 23.1 Å². The Morgan fingerprint density at radius 1 is 1.45 bits per heavy atom. The molecule has 2 N–H and O–H groups in total. The SMILES string of the molecule is CC(=O)Nc1ccc(C)c(S(=O)(=O)N(C)CC(C)O)c1. The normalized spacial score (nSPS) is 13.3. The van der Waals surface area contributed by atoms with Gasteiger partial charge in [-0.1, -0.05) is 6.07 Å². The molecule has 0 aromatic heterocycles. The molecule has 1 unspecified atom stereocenters. The number of amides is 1. The Labute approximate surface area is 119 Å². The lowest BCUT2D eigenvalue weighted by Crippen LogP contribution is -2.33. The Hall–Kier alpha value is -1.44. The summed E-state index contributed by atoms with van der Waals surface area (Å²) in [6.07, 6.45) is -0.756. The number of sulfonamides is 1. The predicted molar refractivity (Wildman–Crippen MR) is 77.0 cm³/mol. The quantitative estimate of drug-likeness (QED) is 0.848. The van der Waals surface area contributed by atoms with Crippen molar-refractivity contribution < 1.29 is 18.3 Å². The number of nitrogens with zero attached hydrogens (tertiary/aromatic N) is 1. The molecule has 0 saturated carbocycles. The van der Waals surface area contributed by atoms with E-state index in [1.807, 2.05) is 0 Å². The highest BCUT2D eigenvalue weighted by Crippen LogP contribution is 2.23. The van der Waals surface area contributed by atoms with Crippen molar-refractivity contribution in [2.45, 2.75) is 31.8 Å². The molecule has 0 spiro atoms. The number of aliphatic hydroxyl groups is 1. The third-order valence-corrected chi connectivity index (χ3v) is 4.68. The van der Waals surface area contributed by atoms with Gasteiger partial charge in [0.05, 0.1) is 11.0 Å². The Kier molecular flexibility index (Phi) is 5.27. The third-order valence-electron chi connectivity index (χ3n) is 2.72. The van der Waals surface area contributed by atoms with Gasteiger partial charge in [-0.2, -0.15) is 4.31 Å².